The Morgan fingerprint density at radius 3 is 2.15 bits per heavy atom. The Morgan fingerprint density at radius 2 is 1.67 bits per heavy atom. The number of non-ortho nitro benzene ring substituents is 1. The van der Waals surface area contributed by atoms with Crippen LogP contribution in [0.3, 0.4) is 0 Å². The lowest BCUT2D eigenvalue weighted by atomic mass is 10.1. The molecule has 0 fully saturated rings. The van der Waals surface area contributed by atoms with Crippen LogP contribution in [0.15, 0.2) is 47.4 Å². The largest absolute Gasteiger partial charge is 0.330 e. The van der Waals surface area contributed by atoms with Crippen molar-refractivity contribution < 1.29 is 13.3 Å². The number of sulfonamides is 1. The maximum absolute atomic E-state index is 13.3. The first-order valence-electron chi connectivity index (χ1n) is 8.27. The molecule has 0 atom stereocenters. The molecule has 2 N–H and O–H groups in total. The van der Waals surface area contributed by atoms with E-state index in [4.69, 9.17) is 5.73 Å². The number of hydrogen-bond acceptors (Lipinski definition) is 5. The highest BCUT2D eigenvalue weighted by Gasteiger charge is 2.29. The lowest BCUT2D eigenvalue weighted by Crippen LogP contribution is -2.33. The van der Waals surface area contributed by atoms with E-state index in [0.29, 0.717) is 24.1 Å². The van der Waals surface area contributed by atoms with E-state index in [1.165, 1.54) is 16.4 Å². The second-order valence-corrected chi connectivity index (χ2v) is 8.01. The fraction of sp³-hybridized carbons (Fsp3) is 0.333. The first-order valence-corrected chi connectivity index (χ1v) is 9.71. The quantitative estimate of drug-likeness (QED) is 0.528. The van der Waals surface area contributed by atoms with Gasteiger partial charge in [0.25, 0.3) is 5.69 Å². The predicted octanol–water partition coefficient (Wildman–Crippen LogP) is 3.17. The Balaban J connectivity index is 0.00000364. The number of benzene rings is 2. The lowest BCUT2D eigenvalue weighted by Gasteiger charge is -2.24. The zero-order chi connectivity index (χ0) is 19.3. The van der Waals surface area contributed by atoms with Gasteiger partial charge in [-0.05, 0) is 43.5 Å². The van der Waals surface area contributed by atoms with Crippen LogP contribution >= 0.6 is 12.4 Å². The minimum atomic E-state index is -3.82. The van der Waals surface area contributed by atoms with Crippen molar-refractivity contribution in [3.63, 3.8) is 0 Å². The van der Waals surface area contributed by atoms with Crippen molar-refractivity contribution in [3.05, 3.63) is 69.3 Å². The van der Waals surface area contributed by atoms with Crippen molar-refractivity contribution in [3.8, 4) is 0 Å². The van der Waals surface area contributed by atoms with Crippen LogP contribution in [0, 0.1) is 24.0 Å². The maximum atomic E-state index is 13.3. The van der Waals surface area contributed by atoms with Crippen LogP contribution in [0.5, 0.6) is 0 Å². The van der Waals surface area contributed by atoms with E-state index >= 15 is 0 Å². The summed E-state index contributed by atoms with van der Waals surface area (Å²) < 4.78 is 27.9. The molecule has 0 spiro atoms. The summed E-state index contributed by atoms with van der Waals surface area (Å²) in [6.07, 6.45) is 0.525. The van der Waals surface area contributed by atoms with Gasteiger partial charge in [-0.2, -0.15) is 4.31 Å². The molecule has 27 heavy (non-hydrogen) atoms. The molecule has 0 saturated heterocycles. The molecule has 2 aromatic rings. The fourth-order valence-corrected chi connectivity index (χ4v) is 4.79. The molecule has 9 heteroatoms. The van der Waals surface area contributed by atoms with Gasteiger partial charge in [-0.15, -0.1) is 12.4 Å². The Hall–Kier alpha value is -2.00. The second kappa shape index (κ2) is 9.80. The molecular formula is C18H24ClN3O4S. The summed E-state index contributed by atoms with van der Waals surface area (Å²) in [5.41, 5.74) is 7.05. The molecule has 0 heterocycles. The van der Waals surface area contributed by atoms with Crippen LogP contribution in [0.25, 0.3) is 0 Å². The van der Waals surface area contributed by atoms with E-state index in [1.807, 2.05) is 30.3 Å². The van der Waals surface area contributed by atoms with Gasteiger partial charge >= 0.3 is 0 Å². The number of nitro benzene ring substituents is 1. The molecule has 0 radical (unpaired) electrons. The average Bonchev–Trinajstić information content (AvgIpc) is 2.58. The monoisotopic (exact) mass is 413 g/mol. The van der Waals surface area contributed by atoms with Crippen LogP contribution in [0.2, 0.25) is 0 Å². The Morgan fingerprint density at radius 1 is 1.11 bits per heavy atom. The van der Waals surface area contributed by atoms with Crippen molar-refractivity contribution in [1.29, 1.82) is 0 Å². The number of nitrogens with zero attached hydrogens (tertiary/aromatic N) is 2. The van der Waals surface area contributed by atoms with Gasteiger partial charge < -0.3 is 5.73 Å². The number of rotatable bonds is 8. The summed E-state index contributed by atoms with van der Waals surface area (Å²) >= 11 is 0. The summed E-state index contributed by atoms with van der Waals surface area (Å²) in [7, 11) is -3.82. The van der Waals surface area contributed by atoms with E-state index in [0.717, 1.165) is 5.56 Å². The lowest BCUT2D eigenvalue weighted by molar-refractivity contribution is -0.385. The molecular weight excluding hydrogens is 390 g/mol. The minimum Gasteiger partial charge on any atom is -0.330 e. The predicted molar refractivity (Wildman–Crippen MR) is 108 cm³/mol. The molecule has 0 bridgehead atoms. The number of halogens is 1. The van der Waals surface area contributed by atoms with Gasteiger partial charge in [0.1, 0.15) is 0 Å². The summed E-state index contributed by atoms with van der Waals surface area (Å²) in [4.78, 5) is 10.6. The molecule has 0 aliphatic rings. The van der Waals surface area contributed by atoms with Gasteiger partial charge in [0.05, 0.1) is 9.82 Å². The average molecular weight is 414 g/mol. The third-order valence-electron chi connectivity index (χ3n) is 4.07. The Bertz CT molecular complexity index is 866. The highest BCUT2D eigenvalue weighted by atomic mass is 35.5. The van der Waals surface area contributed by atoms with Gasteiger partial charge in [-0.25, -0.2) is 8.42 Å². The Labute approximate surface area is 165 Å². The molecule has 2 rings (SSSR count). The van der Waals surface area contributed by atoms with Crippen LogP contribution in [-0.4, -0.2) is 30.7 Å². The smallest absolute Gasteiger partial charge is 0.270 e. The molecule has 2 aromatic carbocycles. The molecule has 0 aliphatic carbocycles. The number of nitrogens with two attached hydrogens (primary N) is 1. The fourth-order valence-electron chi connectivity index (χ4n) is 2.91. The van der Waals surface area contributed by atoms with Gasteiger partial charge in [-0.1, -0.05) is 30.3 Å². The van der Waals surface area contributed by atoms with E-state index in [9.17, 15) is 18.5 Å². The van der Waals surface area contributed by atoms with Gasteiger partial charge in [0.2, 0.25) is 10.0 Å². The number of hydrogen-bond donors (Lipinski definition) is 1. The first kappa shape index (κ1) is 23.0. The summed E-state index contributed by atoms with van der Waals surface area (Å²) in [5, 5.41) is 11.0. The van der Waals surface area contributed by atoms with Crippen LogP contribution < -0.4 is 5.73 Å². The van der Waals surface area contributed by atoms with E-state index in [1.54, 1.807) is 13.8 Å². The highest BCUT2D eigenvalue weighted by molar-refractivity contribution is 7.89. The van der Waals surface area contributed by atoms with Crippen LogP contribution in [0.4, 0.5) is 5.69 Å². The van der Waals surface area contributed by atoms with Gasteiger partial charge in [0.15, 0.2) is 0 Å². The summed E-state index contributed by atoms with van der Waals surface area (Å²) in [5.74, 6) is 0. The van der Waals surface area contributed by atoms with Crippen LogP contribution in [0.1, 0.15) is 23.1 Å². The van der Waals surface area contributed by atoms with Crippen molar-refractivity contribution >= 4 is 28.1 Å². The topological polar surface area (TPSA) is 107 Å². The molecule has 0 aromatic heterocycles. The third-order valence-corrected chi connectivity index (χ3v) is 6.22. The molecule has 7 nitrogen and oxygen atoms in total. The van der Waals surface area contributed by atoms with Crippen LogP contribution in [-0.2, 0) is 16.6 Å². The minimum absolute atomic E-state index is 0. The number of nitro groups is 1. The zero-order valence-electron chi connectivity index (χ0n) is 15.3. The molecule has 0 aliphatic heterocycles. The third kappa shape index (κ3) is 5.49. The molecule has 0 unspecified atom stereocenters. The van der Waals surface area contributed by atoms with E-state index in [2.05, 4.69) is 0 Å². The summed E-state index contributed by atoms with van der Waals surface area (Å²) in [6, 6.07) is 11.9. The maximum Gasteiger partial charge on any atom is 0.270 e. The second-order valence-electron chi connectivity index (χ2n) is 6.13. The van der Waals surface area contributed by atoms with Crippen molar-refractivity contribution in [2.45, 2.75) is 31.7 Å². The molecule has 0 amide bonds. The molecule has 148 valence electrons. The zero-order valence-corrected chi connectivity index (χ0v) is 16.9. The standard InChI is InChI=1S/C18H23N3O4S.ClH/c1-14-11-17(21(22)23)12-15(2)18(14)26(24,25)20(10-6-9-19)13-16-7-4-3-5-8-16;/h3-5,7-8,11-12H,6,9-10,13,19H2,1-2H3;1H. The normalized spacial score (nSPS) is 11.3. The van der Waals surface area contributed by atoms with Gasteiger partial charge in [-0.3, -0.25) is 10.1 Å². The van der Waals surface area contributed by atoms with Crippen molar-refractivity contribution in [2.24, 2.45) is 5.73 Å². The first-order chi connectivity index (χ1) is 12.3. The van der Waals surface area contributed by atoms with E-state index < -0.39 is 14.9 Å². The summed E-state index contributed by atoms with van der Waals surface area (Å²) in [6.45, 7) is 4.04. The SMILES string of the molecule is Cc1cc([N+](=O)[O-])cc(C)c1S(=O)(=O)N(CCCN)Cc1ccccc1.Cl. The number of aryl methyl sites for hydroxylation is 2. The van der Waals surface area contributed by atoms with Crippen molar-refractivity contribution in [2.75, 3.05) is 13.1 Å². The highest BCUT2D eigenvalue weighted by Crippen LogP contribution is 2.29. The van der Waals surface area contributed by atoms with Crippen molar-refractivity contribution in [1.82, 2.24) is 4.31 Å². The van der Waals surface area contributed by atoms with Gasteiger partial charge in [0, 0.05) is 25.2 Å². The molecule has 0 saturated carbocycles. The van der Waals surface area contributed by atoms with E-state index in [-0.39, 0.29) is 36.1 Å². The Kier molecular flexibility index (Phi) is 8.36.